The summed E-state index contributed by atoms with van der Waals surface area (Å²) in [5, 5.41) is 21.0. The lowest BCUT2D eigenvalue weighted by Crippen LogP contribution is -2.47. The van der Waals surface area contributed by atoms with Crippen molar-refractivity contribution < 1.29 is 9.90 Å². The Labute approximate surface area is 96.6 Å². The van der Waals surface area contributed by atoms with Gasteiger partial charge in [0, 0.05) is 0 Å². The summed E-state index contributed by atoms with van der Waals surface area (Å²) in [7, 11) is 0. The Morgan fingerprint density at radius 1 is 1.50 bits per heavy atom. The molecule has 1 aliphatic rings. The minimum Gasteiger partial charge on any atom is -0.394 e. The number of nitrogens with one attached hydrogen (secondary N) is 1. The van der Waals surface area contributed by atoms with Crippen LogP contribution in [-0.4, -0.2) is 23.7 Å². The summed E-state index contributed by atoms with van der Waals surface area (Å²) in [4.78, 5) is 12.0. The number of hydrogen-bond donors (Lipinski definition) is 2. The van der Waals surface area contributed by atoms with Crippen LogP contribution >= 0.6 is 0 Å². The summed E-state index contributed by atoms with van der Waals surface area (Å²) in [5.74, 6) is -0.199. The first-order chi connectivity index (χ1) is 7.68. The Morgan fingerprint density at radius 3 is 2.56 bits per heavy atom. The maximum atomic E-state index is 12.0. The van der Waals surface area contributed by atoms with Crippen LogP contribution in [0.2, 0.25) is 0 Å². The molecule has 16 heavy (non-hydrogen) atoms. The molecular formula is C12H20N2O2. The molecule has 1 aliphatic carbocycles. The van der Waals surface area contributed by atoms with Crippen LogP contribution in [0.1, 0.15) is 45.4 Å². The van der Waals surface area contributed by atoms with Crippen LogP contribution in [0.3, 0.4) is 0 Å². The van der Waals surface area contributed by atoms with Gasteiger partial charge < -0.3 is 10.4 Å². The highest BCUT2D eigenvalue weighted by atomic mass is 16.3. The third-order valence-corrected chi connectivity index (χ3v) is 3.40. The first-order valence-electron chi connectivity index (χ1n) is 6.01. The van der Waals surface area contributed by atoms with E-state index in [9.17, 15) is 10.1 Å². The predicted molar refractivity (Wildman–Crippen MR) is 60.4 cm³/mol. The van der Waals surface area contributed by atoms with Crippen LogP contribution in [0.15, 0.2) is 0 Å². The molecular weight excluding hydrogens is 204 g/mol. The van der Waals surface area contributed by atoms with Crippen molar-refractivity contribution in [2.24, 2.45) is 5.41 Å². The van der Waals surface area contributed by atoms with Gasteiger partial charge in [0.1, 0.15) is 5.41 Å². The molecule has 0 aliphatic heterocycles. The van der Waals surface area contributed by atoms with E-state index in [1.54, 1.807) is 0 Å². The van der Waals surface area contributed by atoms with E-state index in [-0.39, 0.29) is 18.6 Å². The minimum atomic E-state index is -0.846. The fourth-order valence-corrected chi connectivity index (χ4v) is 2.15. The molecule has 0 bridgehead atoms. The summed E-state index contributed by atoms with van der Waals surface area (Å²) in [5.41, 5.74) is -0.846. The van der Waals surface area contributed by atoms with Crippen LogP contribution in [0.5, 0.6) is 0 Å². The molecule has 0 aromatic rings. The predicted octanol–water partition coefficient (Wildman–Crippen LogP) is 1.35. The highest BCUT2D eigenvalue weighted by molar-refractivity contribution is 5.85. The summed E-state index contributed by atoms with van der Waals surface area (Å²) < 4.78 is 0. The summed E-state index contributed by atoms with van der Waals surface area (Å²) in [6, 6.07) is 1.95. The number of nitriles is 1. The highest BCUT2D eigenvalue weighted by Crippen LogP contribution is 2.35. The summed E-state index contributed by atoms with van der Waals surface area (Å²) in [6.45, 7) is 1.84. The summed E-state index contributed by atoms with van der Waals surface area (Å²) in [6.07, 6.45) is 4.97. The number of amides is 1. The number of aliphatic hydroxyl groups excluding tert-OH is 1. The molecule has 0 spiro atoms. The van der Waals surface area contributed by atoms with Gasteiger partial charge in [-0.25, -0.2) is 0 Å². The van der Waals surface area contributed by atoms with E-state index in [0.717, 1.165) is 19.3 Å². The molecule has 2 N–H and O–H groups in total. The van der Waals surface area contributed by atoms with Crippen LogP contribution in [0.25, 0.3) is 0 Å². The molecule has 0 aromatic carbocycles. The van der Waals surface area contributed by atoms with Crippen LogP contribution in [0, 0.1) is 16.7 Å². The molecule has 4 heteroatoms. The van der Waals surface area contributed by atoms with Crippen molar-refractivity contribution in [3.8, 4) is 6.07 Å². The Bertz CT molecular complexity index is 273. The standard InChI is InChI=1S/C12H20N2O2/c1-2-10(8-15)14-11(16)12(9-13)6-4-3-5-7-12/h10,15H,2-8H2,1H3,(H,14,16)/t10-/m0/s1. The lowest BCUT2D eigenvalue weighted by atomic mass is 9.74. The van der Waals surface area contributed by atoms with Crippen molar-refractivity contribution in [1.29, 1.82) is 5.26 Å². The lowest BCUT2D eigenvalue weighted by Gasteiger charge is -2.30. The third-order valence-electron chi connectivity index (χ3n) is 3.40. The number of nitrogens with zero attached hydrogens (tertiary/aromatic N) is 1. The Hall–Kier alpha value is -1.08. The van der Waals surface area contributed by atoms with E-state index in [4.69, 9.17) is 5.11 Å². The van der Waals surface area contributed by atoms with Crippen molar-refractivity contribution in [1.82, 2.24) is 5.32 Å². The normalized spacial score (nSPS) is 20.8. The molecule has 1 atom stereocenters. The van der Waals surface area contributed by atoms with Gasteiger partial charge in [0.05, 0.1) is 18.7 Å². The van der Waals surface area contributed by atoms with E-state index in [2.05, 4.69) is 11.4 Å². The molecule has 0 radical (unpaired) electrons. The number of carbonyl (C=O) groups excluding carboxylic acids is 1. The molecule has 1 rings (SSSR count). The molecule has 0 saturated heterocycles. The summed E-state index contributed by atoms with van der Waals surface area (Å²) >= 11 is 0. The van der Waals surface area contributed by atoms with Gasteiger partial charge in [0.25, 0.3) is 0 Å². The number of hydrogen-bond acceptors (Lipinski definition) is 3. The van der Waals surface area contributed by atoms with Gasteiger partial charge in [-0.2, -0.15) is 5.26 Å². The van der Waals surface area contributed by atoms with Gasteiger partial charge in [-0.1, -0.05) is 26.2 Å². The first-order valence-corrected chi connectivity index (χ1v) is 6.01. The zero-order chi connectivity index (χ0) is 12.0. The molecule has 1 amide bonds. The minimum absolute atomic E-state index is 0.0657. The maximum absolute atomic E-state index is 12.0. The van der Waals surface area contributed by atoms with Crippen LogP contribution in [0.4, 0.5) is 0 Å². The zero-order valence-corrected chi connectivity index (χ0v) is 9.83. The van der Waals surface area contributed by atoms with Gasteiger partial charge in [-0.05, 0) is 19.3 Å². The molecule has 4 nitrogen and oxygen atoms in total. The van der Waals surface area contributed by atoms with Gasteiger partial charge in [-0.3, -0.25) is 4.79 Å². The molecule has 1 saturated carbocycles. The fourth-order valence-electron chi connectivity index (χ4n) is 2.15. The van der Waals surface area contributed by atoms with Gasteiger partial charge in [-0.15, -0.1) is 0 Å². The highest BCUT2D eigenvalue weighted by Gasteiger charge is 2.40. The van der Waals surface area contributed by atoms with Crippen molar-refractivity contribution in [3.05, 3.63) is 0 Å². The third kappa shape index (κ3) is 2.73. The number of rotatable bonds is 4. The Morgan fingerprint density at radius 2 is 2.12 bits per heavy atom. The zero-order valence-electron chi connectivity index (χ0n) is 9.83. The van der Waals surface area contributed by atoms with Crippen molar-refractivity contribution in [3.63, 3.8) is 0 Å². The van der Waals surface area contributed by atoms with Crippen molar-refractivity contribution in [2.45, 2.75) is 51.5 Å². The van der Waals surface area contributed by atoms with Crippen LogP contribution in [-0.2, 0) is 4.79 Å². The quantitative estimate of drug-likeness (QED) is 0.757. The molecule has 0 aromatic heterocycles. The SMILES string of the molecule is CC[C@@H](CO)NC(=O)C1(C#N)CCCCC1. The second-order valence-electron chi connectivity index (χ2n) is 4.52. The second-order valence-corrected chi connectivity index (χ2v) is 4.52. The average Bonchev–Trinajstić information content (AvgIpc) is 2.36. The van der Waals surface area contributed by atoms with Gasteiger partial charge in [0.15, 0.2) is 0 Å². The number of aliphatic hydroxyl groups is 1. The second kappa shape index (κ2) is 5.86. The van der Waals surface area contributed by atoms with Crippen molar-refractivity contribution in [2.75, 3.05) is 6.61 Å². The van der Waals surface area contributed by atoms with Gasteiger partial charge in [0.2, 0.25) is 5.91 Å². The molecule has 90 valence electrons. The Kier molecular flexibility index (Phi) is 4.75. The maximum Gasteiger partial charge on any atom is 0.240 e. The molecule has 0 unspecified atom stereocenters. The molecule has 0 heterocycles. The van der Waals surface area contributed by atoms with Gasteiger partial charge >= 0.3 is 0 Å². The number of carbonyl (C=O) groups is 1. The lowest BCUT2D eigenvalue weighted by molar-refractivity contribution is -0.130. The van der Waals surface area contributed by atoms with E-state index in [1.807, 2.05) is 6.92 Å². The van der Waals surface area contributed by atoms with Crippen LogP contribution < -0.4 is 5.32 Å². The fraction of sp³-hybridized carbons (Fsp3) is 0.833. The van der Waals surface area contributed by atoms with E-state index >= 15 is 0 Å². The first kappa shape index (κ1) is 13.0. The largest absolute Gasteiger partial charge is 0.394 e. The average molecular weight is 224 g/mol. The van der Waals surface area contributed by atoms with E-state index in [1.165, 1.54) is 0 Å². The topological polar surface area (TPSA) is 73.1 Å². The van der Waals surface area contributed by atoms with E-state index in [0.29, 0.717) is 19.3 Å². The monoisotopic (exact) mass is 224 g/mol. The van der Waals surface area contributed by atoms with Crippen molar-refractivity contribution >= 4 is 5.91 Å². The van der Waals surface area contributed by atoms with E-state index < -0.39 is 5.41 Å². The smallest absolute Gasteiger partial charge is 0.240 e. The molecule has 1 fully saturated rings. The Balaban J connectivity index is 2.65.